The first-order chi connectivity index (χ1) is 9.63. The highest BCUT2D eigenvalue weighted by molar-refractivity contribution is 6.34. The molecule has 1 amide bonds. The van der Waals surface area contributed by atoms with Crippen LogP contribution < -0.4 is 15.4 Å². The second kappa shape index (κ2) is 6.25. The van der Waals surface area contributed by atoms with Crippen molar-refractivity contribution in [3.8, 4) is 5.75 Å². The van der Waals surface area contributed by atoms with Crippen LogP contribution in [0.15, 0.2) is 36.5 Å². The Labute approximate surface area is 121 Å². The molecule has 6 heteroatoms. The number of aromatic nitrogens is 1. The summed E-state index contributed by atoms with van der Waals surface area (Å²) in [5, 5.41) is 6.06. The van der Waals surface area contributed by atoms with Gasteiger partial charge in [0.25, 0.3) is 5.91 Å². The van der Waals surface area contributed by atoms with Crippen LogP contribution in [0.3, 0.4) is 0 Å². The number of hydrogen-bond acceptors (Lipinski definition) is 4. The minimum absolute atomic E-state index is 0.282. The van der Waals surface area contributed by atoms with Gasteiger partial charge < -0.3 is 15.4 Å². The molecule has 2 aromatic rings. The van der Waals surface area contributed by atoms with Gasteiger partial charge in [-0.15, -0.1) is 0 Å². The van der Waals surface area contributed by atoms with Gasteiger partial charge >= 0.3 is 0 Å². The van der Waals surface area contributed by atoms with E-state index in [1.54, 1.807) is 44.5 Å². The van der Waals surface area contributed by atoms with Crippen LogP contribution in [0.5, 0.6) is 5.75 Å². The van der Waals surface area contributed by atoms with Crippen molar-refractivity contribution < 1.29 is 9.53 Å². The summed E-state index contributed by atoms with van der Waals surface area (Å²) in [5.74, 6) is 1.03. The van der Waals surface area contributed by atoms with Gasteiger partial charge in [0.15, 0.2) is 0 Å². The van der Waals surface area contributed by atoms with Crippen molar-refractivity contribution in [2.75, 3.05) is 24.8 Å². The molecule has 0 bridgehead atoms. The predicted molar refractivity (Wildman–Crippen MR) is 79.7 cm³/mol. The Kier molecular flexibility index (Phi) is 4.42. The van der Waals surface area contributed by atoms with E-state index in [-0.39, 0.29) is 5.91 Å². The second-order valence-electron chi connectivity index (χ2n) is 3.98. The van der Waals surface area contributed by atoms with Crippen molar-refractivity contribution in [2.45, 2.75) is 0 Å². The highest BCUT2D eigenvalue weighted by Gasteiger charge is 2.10. The molecule has 0 atom stereocenters. The predicted octanol–water partition coefficient (Wildman–Crippen LogP) is 3.04. The normalized spacial score (nSPS) is 9.95. The maximum Gasteiger partial charge on any atom is 0.257 e. The summed E-state index contributed by atoms with van der Waals surface area (Å²) < 4.78 is 5.10. The average molecular weight is 292 g/mol. The van der Waals surface area contributed by atoms with Crippen molar-refractivity contribution in [1.29, 1.82) is 0 Å². The molecule has 2 rings (SSSR count). The maximum atomic E-state index is 12.1. The summed E-state index contributed by atoms with van der Waals surface area (Å²) in [7, 11) is 3.31. The number of pyridine rings is 1. The van der Waals surface area contributed by atoms with E-state index >= 15 is 0 Å². The van der Waals surface area contributed by atoms with E-state index in [1.807, 2.05) is 0 Å². The zero-order valence-electron chi connectivity index (χ0n) is 11.1. The Balaban J connectivity index is 2.18. The lowest BCUT2D eigenvalue weighted by atomic mass is 10.2. The minimum atomic E-state index is -0.282. The molecule has 104 valence electrons. The van der Waals surface area contributed by atoms with Gasteiger partial charge in [0.2, 0.25) is 0 Å². The van der Waals surface area contributed by atoms with E-state index in [9.17, 15) is 4.79 Å². The number of rotatable bonds is 4. The Hall–Kier alpha value is -2.27. The third-order valence-corrected chi connectivity index (χ3v) is 3.03. The number of nitrogens with one attached hydrogen (secondary N) is 2. The number of hydrogen-bond donors (Lipinski definition) is 2. The lowest BCUT2D eigenvalue weighted by molar-refractivity contribution is 0.102. The third-order valence-electron chi connectivity index (χ3n) is 2.70. The number of nitrogens with zero attached hydrogens (tertiary/aromatic N) is 1. The molecular weight excluding hydrogens is 278 g/mol. The molecule has 0 saturated heterocycles. The van der Waals surface area contributed by atoms with E-state index in [2.05, 4.69) is 15.6 Å². The van der Waals surface area contributed by atoms with Gasteiger partial charge in [0.05, 0.1) is 23.4 Å². The van der Waals surface area contributed by atoms with Crippen LogP contribution in [0.25, 0.3) is 0 Å². The summed E-state index contributed by atoms with van der Waals surface area (Å²) in [4.78, 5) is 16.2. The number of amides is 1. The smallest absolute Gasteiger partial charge is 0.257 e. The van der Waals surface area contributed by atoms with E-state index in [0.717, 1.165) is 0 Å². The summed E-state index contributed by atoms with van der Waals surface area (Å²) in [6.07, 6.45) is 1.50. The molecule has 0 fully saturated rings. The fourth-order valence-electron chi connectivity index (χ4n) is 1.60. The third kappa shape index (κ3) is 3.19. The number of ether oxygens (including phenoxy) is 1. The monoisotopic (exact) mass is 291 g/mol. The number of carbonyl (C=O) groups excluding carboxylic acids is 1. The topological polar surface area (TPSA) is 63.2 Å². The average Bonchev–Trinajstić information content (AvgIpc) is 2.49. The van der Waals surface area contributed by atoms with Gasteiger partial charge in [-0.2, -0.15) is 0 Å². The molecule has 0 aliphatic rings. The molecule has 1 heterocycles. The van der Waals surface area contributed by atoms with E-state index in [1.165, 1.54) is 6.20 Å². The number of anilines is 2. The standard InChI is InChI=1S/C14H14ClN3O2/c1-16-13-6-3-9(8-17-13)14(19)18-12-7-10(20-2)4-5-11(12)15/h3-8H,1-2H3,(H,16,17)(H,18,19). The molecule has 1 aromatic heterocycles. The molecule has 1 aromatic carbocycles. The molecule has 0 spiro atoms. The van der Waals surface area contributed by atoms with Gasteiger partial charge in [-0.05, 0) is 24.3 Å². The largest absolute Gasteiger partial charge is 0.497 e. The van der Waals surface area contributed by atoms with E-state index in [4.69, 9.17) is 16.3 Å². The molecule has 0 unspecified atom stereocenters. The zero-order chi connectivity index (χ0) is 14.5. The quantitative estimate of drug-likeness (QED) is 0.909. The van der Waals surface area contributed by atoms with Crippen molar-refractivity contribution in [3.63, 3.8) is 0 Å². The van der Waals surface area contributed by atoms with Gasteiger partial charge in [-0.3, -0.25) is 4.79 Å². The number of carbonyl (C=O) groups is 1. The van der Waals surface area contributed by atoms with Crippen molar-refractivity contribution in [3.05, 3.63) is 47.1 Å². The van der Waals surface area contributed by atoms with Gasteiger partial charge in [0.1, 0.15) is 11.6 Å². The second-order valence-corrected chi connectivity index (χ2v) is 4.39. The fraction of sp³-hybridized carbons (Fsp3) is 0.143. The van der Waals surface area contributed by atoms with Crippen LogP contribution in [0.2, 0.25) is 5.02 Å². The number of halogens is 1. The zero-order valence-corrected chi connectivity index (χ0v) is 11.9. The summed E-state index contributed by atoms with van der Waals surface area (Å²) in [5.41, 5.74) is 0.941. The van der Waals surface area contributed by atoms with Gasteiger partial charge in [0, 0.05) is 19.3 Å². The Morgan fingerprint density at radius 3 is 2.70 bits per heavy atom. The van der Waals surface area contributed by atoms with Gasteiger partial charge in [-0.1, -0.05) is 11.6 Å². The molecule has 2 N–H and O–H groups in total. The first kappa shape index (κ1) is 14.1. The Bertz CT molecular complexity index is 614. The van der Waals surface area contributed by atoms with Crippen LogP contribution in [-0.4, -0.2) is 25.0 Å². The van der Waals surface area contributed by atoms with Crippen LogP contribution in [0.1, 0.15) is 10.4 Å². The summed E-state index contributed by atoms with van der Waals surface area (Å²) >= 11 is 6.04. The molecule has 0 aliphatic heterocycles. The SMILES string of the molecule is CNc1ccc(C(=O)Nc2cc(OC)ccc2Cl)cn1. The number of methoxy groups -OCH3 is 1. The Morgan fingerprint density at radius 1 is 1.30 bits per heavy atom. The van der Waals surface area contributed by atoms with Crippen molar-refractivity contribution in [1.82, 2.24) is 4.98 Å². The summed E-state index contributed by atoms with van der Waals surface area (Å²) in [6.45, 7) is 0. The Morgan fingerprint density at radius 2 is 2.10 bits per heavy atom. The minimum Gasteiger partial charge on any atom is -0.497 e. The highest BCUT2D eigenvalue weighted by atomic mass is 35.5. The van der Waals surface area contributed by atoms with Gasteiger partial charge in [-0.25, -0.2) is 4.98 Å². The first-order valence-corrected chi connectivity index (χ1v) is 6.30. The molecule has 0 aliphatic carbocycles. The van der Waals surface area contributed by atoms with Crippen LogP contribution >= 0.6 is 11.6 Å². The van der Waals surface area contributed by atoms with Crippen LogP contribution in [-0.2, 0) is 0 Å². The van der Waals surface area contributed by atoms with Crippen LogP contribution in [0.4, 0.5) is 11.5 Å². The number of benzene rings is 1. The molecule has 20 heavy (non-hydrogen) atoms. The summed E-state index contributed by atoms with van der Waals surface area (Å²) in [6, 6.07) is 8.46. The first-order valence-electron chi connectivity index (χ1n) is 5.92. The van der Waals surface area contributed by atoms with Crippen molar-refractivity contribution >= 4 is 29.0 Å². The lowest BCUT2D eigenvalue weighted by Gasteiger charge is -2.09. The molecule has 0 saturated carbocycles. The maximum absolute atomic E-state index is 12.1. The molecule has 5 nitrogen and oxygen atoms in total. The van der Waals surface area contributed by atoms with E-state index < -0.39 is 0 Å². The van der Waals surface area contributed by atoms with E-state index in [0.29, 0.717) is 27.8 Å². The molecule has 0 radical (unpaired) electrons. The molecular formula is C14H14ClN3O2. The van der Waals surface area contributed by atoms with Crippen LogP contribution in [0, 0.1) is 0 Å². The van der Waals surface area contributed by atoms with Crippen molar-refractivity contribution in [2.24, 2.45) is 0 Å². The highest BCUT2D eigenvalue weighted by Crippen LogP contribution is 2.27. The lowest BCUT2D eigenvalue weighted by Crippen LogP contribution is -2.12. The fourth-order valence-corrected chi connectivity index (χ4v) is 1.76.